The molecule has 1 unspecified atom stereocenters. The first kappa shape index (κ1) is 25.2. The van der Waals surface area contributed by atoms with Crippen molar-refractivity contribution in [2.24, 2.45) is 5.41 Å². The number of carbonyl (C=O) groups is 3. The Bertz CT molecular complexity index is 1250. The Hall–Kier alpha value is -3.94. The molecule has 0 fully saturated rings. The third-order valence-corrected chi connectivity index (χ3v) is 6.43. The average Bonchev–Trinajstić information content (AvgIpc) is 3.09. The highest BCUT2D eigenvalue weighted by atomic mass is 16.2. The molecule has 1 aliphatic rings. The number of hydrogen-bond acceptors (Lipinski definition) is 4. The molecule has 4 rings (SSSR count). The van der Waals surface area contributed by atoms with E-state index in [1.54, 1.807) is 24.1 Å². The molecule has 3 aromatic rings. The minimum atomic E-state index is -0.750. The van der Waals surface area contributed by atoms with Gasteiger partial charge < -0.3 is 20.1 Å². The highest BCUT2D eigenvalue weighted by molar-refractivity contribution is 5.98. The number of rotatable bonds is 5. The predicted octanol–water partition coefficient (Wildman–Crippen LogP) is 3.49. The molecule has 188 valence electrons. The van der Waals surface area contributed by atoms with Crippen LogP contribution in [0.25, 0.3) is 11.4 Å². The fourth-order valence-corrected chi connectivity index (χ4v) is 4.51. The van der Waals surface area contributed by atoms with E-state index in [9.17, 15) is 14.4 Å². The van der Waals surface area contributed by atoms with Gasteiger partial charge >= 0.3 is 0 Å². The zero-order valence-corrected chi connectivity index (χ0v) is 21.2. The first-order valence-corrected chi connectivity index (χ1v) is 12.2. The van der Waals surface area contributed by atoms with Gasteiger partial charge in [0.2, 0.25) is 5.91 Å². The maximum absolute atomic E-state index is 13.6. The van der Waals surface area contributed by atoms with Crippen LogP contribution in [0.1, 0.15) is 53.7 Å². The molecule has 0 saturated heterocycles. The number of nitrogens with zero attached hydrogens (tertiary/aromatic N) is 3. The van der Waals surface area contributed by atoms with Crippen molar-refractivity contribution in [2.75, 3.05) is 13.6 Å². The Morgan fingerprint density at radius 3 is 2.19 bits per heavy atom. The van der Waals surface area contributed by atoms with E-state index in [2.05, 4.69) is 10.6 Å². The molecule has 1 aliphatic heterocycles. The summed E-state index contributed by atoms with van der Waals surface area (Å²) < 4.78 is 2.04. The van der Waals surface area contributed by atoms with Gasteiger partial charge in [-0.1, -0.05) is 69.3 Å². The van der Waals surface area contributed by atoms with Crippen LogP contribution in [0.15, 0.2) is 60.7 Å². The van der Waals surface area contributed by atoms with Crippen molar-refractivity contribution in [1.29, 1.82) is 0 Å². The summed E-state index contributed by atoms with van der Waals surface area (Å²) in [6.45, 7) is 7.13. The van der Waals surface area contributed by atoms with Gasteiger partial charge in [-0.2, -0.15) is 0 Å². The van der Waals surface area contributed by atoms with Crippen LogP contribution in [-0.2, 0) is 17.9 Å². The molecular weight excluding hydrogens is 454 g/mol. The second kappa shape index (κ2) is 10.4. The van der Waals surface area contributed by atoms with E-state index < -0.39 is 17.4 Å². The lowest BCUT2D eigenvalue weighted by molar-refractivity contribution is -0.124. The van der Waals surface area contributed by atoms with Crippen molar-refractivity contribution in [2.45, 2.75) is 46.3 Å². The molecule has 0 saturated carbocycles. The zero-order valence-electron chi connectivity index (χ0n) is 21.2. The van der Waals surface area contributed by atoms with E-state index in [0.717, 1.165) is 12.0 Å². The van der Waals surface area contributed by atoms with E-state index in [1.165, 1.54) is 0 Å². The first-order chi connectivity index (χ1) is 17.2. The summed E-state index contributed by atoms with van der Waals surface area (Å²) in [7, 11) is 1.55. The van der Waals surface area contributed by atoms with Gasteiger partial charge in [-0.15, -0.1) is 0 Å². The molecule has 0 aliphatic carbocycles. The van der Waals surface area contributed by atoms with Crippen LogP contribution in [0.2, 0.25) is 0 Å². The molecule has 2 heterocycles. The Kier molecular flexibility index (Phi) is 7.24. The van der Waals surface area contributed by atoms with Crippen LogP contribution in [0, 0.1) is 5.41 Å². The number of aromatic nitrogens is 2. The van der Waals surface area contributed by atoms with Crippen molar-refractivity contribution in [3.63, 3.8) is 0 Å². The molecule has 0 radical (unpaired) electrons. The summed E-state index contributed by atoms with van der Waals surface area (Å²) in [6, 6.07) is 18.1. The Morgan fingerprint density at radius 2 is 1.58 bits per heavy atom. The highest BCUT2D eigenvalue weighted by Crippen LogP contribution is 2.28. The summed E-state index contributed by atoms with van der Waals surface area (Å²) in [5.74, 6) is -0.114. The fraction of sp³-hybridized carbons (Fsp3) is 0.357. The van der Waals surface area contributed by atoms with Crippen molar-refractivity contribution >= 4 is 17.7 Å². The van der Waals surface area contributed by atoms with E-state index in [4.69, 9.17) is 4.98 Å². The normalized spacial score (nSPS) is 14.4. The van der Waals surface area contributed by atoms with Crippen molar-refractivity contribution in [3.05, 3.63) is 77.6 Å². The minimum absolute atomic E-state index is 0.0872. The number of amides is 3. The van der Waals surface area contributed by atoms with E-state index in [1.807, 2.05) is 73.9 Å². The molecule has 2 aromatic carbocycles. The quantitative estimate of drug-likeness (QED) is 0.576. The predicted molar refractivity (Wildman–Crippen MR) is 138 cm³/mol. The van der Waals surface area contributed by atoms with E-state index in [-0.39, 0.29) is 24.1 Å². The molecular formula is C28H33N5O3. The van der Waals surface area contributed by atoms with Crippen molar-refractivity contribution in [1.82, 2.24) is 25.1 Å². The number of carbonyl (C=O) groups excluding carboxylic acids is 3. The van der Waals surface area contributed by atoms with E-state index >= 15 is 0 Å². The van der Waals surface area contributed by atoms with Gasteiger partial charge in [0, 0.05) is 31.3 Å². The lowest BCUT2D eigenvalue weighted by Gasteiger charge is -2.29. The minimum Gasteiger partial charge on any atom is -0.357 e. The number of nitrogens with one attached hydrogen (secondary N) is 2. The molecule has 1 aromatic heterocycles. The van der Waals surface area contributed by atoms with Crippen molar-refractivity contribution in [3.8, 4) is 11.4 Å². The second-order valence-electron chi connectivity index (χ2n) is 10.1. The summed E-state index contributed by atoms with van der Waals surface area (Å²) in [5.41, 5.74) is 1.88. The molecule has 0 spiro atoms. The number of hydrogen-bond donors (Lipinski definition) is 2. The molecule has 8 nitrogen and oxygen atoms in total. The van der Waals surface area contributed by atoms with E-state index in [0.29, 0.717) is 30.2 Å². The lowest BCUT2D eigenvalue weighted by Crippen LogP contribution is -2.53. The standard InChI is InChI=1S/C28H33N5O3/c1-28(2,3)23(26(35)29-4)31-25(34)22-21-18-32(27(36)20-14-9-6-10-15-20)16-11-17-33(21)24(30-22)19-12-7-5-8-13-19/h5-10,12-15,23H,11,16-18H2,1-4H3,(H,29,35)(H,31,34). The maximum atomic E-state index is 13.6. The molecule has 1 atom stereocenters. The Labute approximate surface area is 211 Å². The largest absolute Gasteiger partial charge is 0.357 e. The second-order valence-corrected chi connectivity index (χ2v) is 10.1. The van der Waals surface area contributed by atoms with Crippen LogP contribution in [-0.4, -0.2) is 51.8 Å². The van der Waals surface area contributed by atoms with Crippen LogP contribution in [0.3, 0.4) is 0 Å². The third kappa shape index (κ3) is 5.17. The van der Waals surface area contributed by atoms with Gasteiger partial charge in [-0.3, -0.25) is 14.4 Å². The molecule has 0 bridgehead atoms. The Balaban J connectivity index is 1.76. The van der Waals surface area contributed by atoms with Crippen LogP contribution < -0.4 is 10.6 Å². The molecule has 2 N–H and O–H groups in total. The SMILES string of the molecule is CNC(=O)C(NC(=O)c1nc(-c2ccccc2)n2c1CN(C(=O)c1ccccc1)CCC2)C(C)(C)C. The molecule has 36 heavy (non-hydrogen) atoms. The topological polar surface area (TPSA) is 96.3 Å². The Morgan fingerprint density at radius 1 is 0.944 bits per heavy atom. The zero-order chi connectivity index (χ0) is 25.9. The smallest absolute Gasteiger partial charge is 0.272 e. The van der Waals surface area contributed by atoms with Gasteiger partial charge in [0.15, 0.2) is 5.69 Å². The lowest BCUT2D eigenvalue weighted by atomic mass is 9.86. The monoisotopic (exact) mass is 487 g/mol. The van der Waals surface area contributed by atoms with Gasteiger partial charge in [-0.05, 0) is 24.0 Å². The van der Waals surface area contributed by atoms with Crippen LogP contribution in [0.5, 0.6) is 0 Å². The number of imidazole rings is 1. The third-order valence-electron chi connectivity index (χ3n) is 6.43. The summed E-state index contributed by atoms with van der Waals surface area (Å²) in [4.78, 5) is 46.1. The fourth-order valence-electron chi connectivity index (χ4n) is 4.51. The first-order valence-electron chi connectivity index (χ1n) is 12.2. The van der Waals surface area contributed by atoms with Gasteiger partial charge in [0.25, 0.3) is 11.8 Å². The number of fused-ring (bicyclic) bond motifs is 1. The van der Waals surface area contributed by atoms with Crippen LogP contribution >= 0.6 is 0 Å². The summed E-state index contributed by atoms with van der Waals surface area (Å²) in [6.07, 6.45) is 0.728. The average molecular weight is 488 g/mol. The number of benzene rings is 2. The number of likely N-dealkylation sites (N-methyl/N-ethyl adjacent to an activating group) is 1. The molecule has 8 heteroatoms. The maximum Gasteiger partial charge on any atom is 0.272 e. The molecule has 3 amide bonds. The van der Waals surface area contributed by atoms with Gasteiger partial charge in [-0.25, -0.2) is 4.98 Å². The van der Waals surface area contributed by atoms with Crippen molar-refractivity contribution < 1.29 is 14.4 Å². The highest BCUT2D eigenvalue weighted by Gasteiger charge is 2.35. The summed E-state index contributed by atoms with van der Waals surface area (Å²) in [5, 5.41) is 5.54. The van der Waals surface area contributed by atoms with Gasteiger partial charge in [0.05, 0.1) is 12.2 Å². The van der Waals surface area contributed by atoms with Crippen LogP contribution in [0.4, 0.5) is 0 Å². The summed E-state index contributed by atoms with van der Waals surface area (Å²) >= 11 is 0. The van der Waals surface area contributed by atoms with Gasteiger partial charge in [0.1, 0.15) is 11.9 Å².